The van der Waals surface area contributed by atoms with Crippen LogP contribution in [0.5, 0.6) is 5.75 Å². The molecule has 44 heavy (non-hydrogen) atoms. The van der Waals surface area contributed by atoms with E-state index in [9.17, 15) is 22.8 Å². The van der Waals surface area contributed by atoms with Gasteiger partial charge in [0, 0.05) is 12.6 Å². The fourth-order valence-corrected chi connectivity index (χ4v) is 5.23. The first-order valence-corrected chi connectivity index (χ1v) is 14.5. The maximum Gasteiger partial charge on any atom is 0.573 e. The lowest BCUT2D eigenvalue weighted by Gasteiger charge is -2.22. The highest BCUT2D eigenvalue weighted by Gasteiger charge is 2.33. The van der Waals surface area contributed by atoms with Crippen molar-refractivity contribution in [2.75, 3.05) is 16.0 Å². The van der Waals surface area contributed by atoms with Crippen molar-refractivity contribution in [2.45, 2.75) is 45.9 Å². The molecule has 0 spiro atoms. The van der Waals surface area contributed by atoms with Crippen molar-refractivity contribution in [1.82, 2.24) is 24.7 Å². The zero-order chi connectivity index (χ0) is 31.4. The van der Waals surface area contributed by atoms with Crippen molar-refractivity contribution < 1.29 is 27.5 Å². The lowest BCUT2D eigenvalue weighted by molar-refractivity contribution is -0.274. The number of aromatic nitrogens is 5. The van der Waals surface area contributed by atoms with Gasteiger partial charge in [-0.05, 0) is 60.2 Å². The van der Waals surface area contributed by atoms with Crippen LogP contribution in [0, 0.1) is 6.92 Å². The van der Waals surface area contributed by atoms with E-state index in [0.29, 0.717) is 29.7 Å². The zero-order valence-corrected chi connectivity index (χ0v) is 24.7. The van der Waals surface area contributed by atoms with Crippen molar-refractivity contribution in [3.05, 3.63) is 83.7 Å². The molecule has 1 aromatic carbocycles. The van der Waals surface area contributed by atoms with Crippen molar-refractivity contribution in [2.24, 2.45) is 4.99 Å². The van der Waals surface area contributed by atoms with Gasteiger partial charge < -0.3 is 4.74 Å². The van der Waals surface area contributed by atoms with Gasteiger partial charge in [0.1, 0.15) is 17.9 Å². The normalized spacial score (nSPS) is 14.5. The Balaban J connectivity index is 1.18. The summed E-state index contributed by atoms with van der Waals surface area (Å²) in [5.41, 5.74) is 3.58. The number of aryl methyl sites for hydroxylation is 3. The second kappa shape index (κ2) is 12.8. The van der Waals surface area contributed by atoms with Gasteiger partial charge in [-0.15, -0.1) is 18.3 Å². The Kier molecular flexibility index (Phi) is 8.94. The van der Waals surface area contributed by atoms with E-state index in [0.717, 1.165) is 34.6 Å². The van der Waals surface area contributed by atoms with Gasteiger partial charge in [0.05, 0.1) is 17.6 Å². The Morgan fingerprint density at radius 1 is 1.09 bits per heavy atom. The average molecular weight is 625 g/mol. The predicted molar refractivity (Wildman–Crippen MR) is 159 cm³/mol. The van der Waals surface area contributed by atoms with E-state index in [-0.39, 0.29) is 23.4 Å². The Labute approximate surface area is 254 Å². The first kappa shape index (κ1) is 30.7. The largest absolute Gasteiger partial charge is 0.573 e. The number of alkyl halides is 3. The minimum absolute atomic E-state index is 0.138. The molecular weight excluding hydrogens is 597 g/mol. The molecule has 0 atom stereocenters. The van der Waals surface area contributed by atoms with Gasteiger partial charge in [-0.2, -0.15) is 4.99 Å². The van der Waals surface area contributed by atoms with E-state index < -0.39 is 18.1 Å². The number of urea groups is 1. The quantitative estimate of drug-likeness (QED) is 0.259. The molecule has 3 aromatic heterocycles. The third-order valence-corrected chi connectivity index (χ3v) is 7.36. The number of nitrogens with one attached hydrogen (secondary N) is 1. The van der Waals surface area contributed by atoms with Gasteiger partial charge in [0.25, 0.3) is 0 Å². The SMILES string of the molecule is Cc1ccc(C(C)C)c(N2C(=O)CS/C2=N\C(=O)Nc2ccc(CCc3ncn(-c4ccc(OC(F)(F)F)cn4)n3)cn2)c1. The number of aliphatic imine (C=N–C) groups is 1. The smallest absolute Gasteiger partial charge is 0.404 e. The summed E-state index contributed by atoms with van der Waals surface area (Å²) in [7, 11) is 0. The molecule has 0 aliphatic carbocycles. The number of rotatable bonds is 8. The summed E-state index contributed by atoms with van der Waals surface area (Å²) < 4.78 is 42.2. The molecule has 11 nitrogen and oxygen atoms in total. The topological polar surface area (TPSA) is 127 Å². The van der Waals surface area contributed by atoms with E-state index in [1.807, 2.05) is 39.0 Å². The molecular formula is C29H27F3N8O3S. The third kappa shape index (κ3) is 7.58. The number of carbonyl (C=O) groups is 2. The number of carbonyl (C=O) groups excluding carboxylic acids is 2. The molecule has 4 aromatic rings. The lowest BCUT2D eigenvalue weighted by Crippen LogP contribution is -2.31. The number of benzene rings is 1. The second-order valence-electron chi connectivity index (χ2n) is 10.1. The van der Waals surface area contributed by atoms with Crippen LogP contribution < -0.4 is 15.0 Å². The summed E-state index contributed by atoms with van der Waals surface area (Å²) in [6.45, 7) is 6.04. The maximum atomic E-state index is 12.8. The standard InChI is InChI=1S/C29H27F3N8O3S/c1-17(2)21-8-4-18(3)12-22(21)40-26(41)15-44-28(40)37-27(42)36-23-9-5-19(13-33-23)6-10-24-35-16-39(38-24)25-11-7-20(14-34-25)43-29(30,31)32/h4-5,7-9,11-14,16-17H,6,10,15H2,1-3H3,(H,33,36,42)/b37-28-. The summed E-state index contributed by atoms with van der Waals surface area (Å²) >= 11 is 1.21. The van der Waals surface area contributed by atoms with Crippen LogP contribution in [0.3, 0.4) is 0 Å². The van der Waals surface area contributed by atoms with Crippen molar-refractivity contribution in [1.29, 1.82) is 0 Å². The first-order valence-electron chi connectivity index (χ1n) is 13.5. The highest BCUT2D eigenvalue weighted by Crippen LogP contribution is 2.34. The number of halogens is 3. The van der Waals surface area contributed by atoms with Crippen molar-refractivity contribution in [3.63, 3.8) is 0 Å². The maximum absolute atomic E-state index is 12.8. The van der Waals surface area contributed by atoms with Crippen LogP contribution >= 0.6 is 11.8 Å². The molecule has 1 aliphatic heterocycles. The molecule has 1 saturated heterocycles. The van der Waals surface area contributed by atoms with Gasteiger partial charge in [0.15, 0.2) is 16.8 Å². The lowest BCUT2D eigenvalue weighted by atomic mass is 9.99. The van der Waals surface area contributed by atoms with Gasteiger partial charge in [-0.25, -0.2) is 24.4 Å². The van der Waals surface area contributed by atoms with E-state index in [2.05, 4.69) is 35.1 Å². The molecule has 0 unspecified atom stereocenters. The molecule has 1 fully saturated rings. The molecule has 0 radical (unpaired) electrons. The van der Waals surface area contributed by atoms with Crippen LogP contribution in [0.15, 0.2) is 66.2 Å². The Hall–Kier alpha value is -4.79. The summed E-state index contributed by atoms with van der Waals surface area (Å²) in [4.78, 5) is 43.7. The molecule has 4 heterocycles. The zero-order valence-electron chi connectivity index (χ0n) is 23.9. The van der Waals surface area contributed by atoms with Crippen LogP contribution in [0.2, 0.25) is 0 Å². The molecule has 0 bridgehead atoms. The van der Waals surface area contributed by atoms with Crippen LogP contribution in [0.4, 0.5) is 29.5 Å². The average Bonchev–Trinajstić information content (AvgIpc) is 3.58. The fraction of sp³-hybridized carbons (Fsp3) is 0.276. The summed E-state index contributed by atoms with van der Waals surface area (Å²) in [6.07, 6.45) is 0.192. The Morgan fingerprint density at radius 2 is 1.91 bits per heavy atom. The number of hydrogen-bond acceptors (Lipinski definition) is 8. The summed E-state index contributed by atoms with van der Waals surface area (Å²) in [5.74, 6) is 0.877. The number of nitrogens with zero attached hydrogens (tertiary/aromatic N) is 7. The minimum atomic E-state index is -4.80. The number of amidine groups is 1. The number of thioether (sulfide) groups is 1. The van der Waals surface area contributed by atoms with Crippen LogP contribution in [-0.4, -0.2) is 54.0 Å². The fourth-order valence-electron chi connectivity index (χ4n) is 4.37. The number of ether oxygens (including phenoxy) is 1. The number of hydrogen-bond donors (Lipinski definition) is 1. The summed E-state index contributed by atoms with van der Waals surface area (Å²) in [5, 5.41) is 7.27. The van der Waals surface area contributed by atoms with Crippen LogP contribution in [0.25, 0.3) is 5.82 Å². The van der Waals surface area contributed by atoms with Crippen LogP contribution in [0.1, 0.15) is 42.3 Å². The third-order valence-electron chi connectivity index (χ3n) is 6.44. The molecule has 1 aliphatic rings. The number of amides is 3. The predicted octanol–water partition coefficient (Wildman–Crippen LogP) is 5.84. The van der Waals surface area contributed by atoms with Gasteiger partial charge in [-0.3, -0.25) is 15.0 Å². The molecule has 1 N–H and O–H groups in total. The molecule has 15 heteroatoms. The highest BCUT2D eigenvalue weighted by molar-refractivity contribution is 8.15. The van der Waals surface area contributed by atoms with E-state index in [1.165, 1.54) is 33.7 Å². The Morgan fingerprint density at radius 3 is 2.59 bits per heavy atom. The number of anilines is 2. The van der Waals surface area contributed by atoms with E-state index >= 15 is 0 Å². The van der Waals surface area contributed by atoms with Crippen molar-refractivity contribution >= 4 is 40.4 Å². The van der Waals surface area contributed by atoms with Gasteiger partial charge in [0.2, 0.25) is 5.91 Å². The van der Waals surface area contributed by atoms with Gasteiger partial charge in [-0.1, -0.05) is 43.8 Å². The highest BCUT2D eigenvalue weighted by atomic mass is 32.2. The second-order valence-corrected chi connectivity index (χ2v) is 11.1. The van der Waals surface area contributed by atoms with E-state index in [4.69, 9.17) is 0 Å². The molecule has 228 valence electrons. The monoisotopic (exact) mass is 624 g/mol. The first-order chi connectivity index (χ1) is 20.9. The summed E-state index contributed by atoms with van der Waals surface area (Å²) in [6, 6.07) is 11.2. The van der Waals surface area contributed by atoms with Crippen molar-refractivity contribution in [3.8, 4) is 11.6 Å². The Bertz CT molecular complexity index is 1690. The van der Waals surface area contributed by atoms with Crippen LogP contribution in [-0.2, 0) is 17.6 Å². The molecule has 0 saturated carbocycles. The van der Waals surface area contributed by atoms with E-state index in [1.54, 1.807) is 18.3 Å². The van der Waals surface area contributed by atoms with Gasteiger partial charge >= 0.3 is 12.4 Å². The minimum Gasteiger partial charge on any atom is -0.404 e. The number of pyridine rings is 2. The molecule has 3 amide bonds. The molecule has 5 rings (SSSR count).